The van der Waals surface area contributed by atoms with Crippen LogP contribution in [0, 0.1) is 11.3 Å². The third kappa shape index (κ3) is 3.01. The molecule has 0 radical (unpaired) electrons. The number of nitriles is 1. The van der Waals surface area contributed by atoms with Crippen LogP contribution in [0.4, 0.5) is 5.82 Å². The number of aromatic nitrogens is 1. The highest BCUT2D eigenvalue weighted by molar-refractivity contribution is 6.34. The van der Waals surface area contributed by atoms with Crippen molar-refractivity contribution in [1.29, 1.82) is 5.26 Å². The Morgan fingerprint density at radius 3 is 2.60 bits per heavy atom. The van der Waals surface area contributed by atoms with E-state index < -0.39 is 0 Å². The van der Waals surface area contributed by atoms with Gasteiger partial charge in [-0.3, -0.25) is 0 Å². The fraction of sp³-hybridized carbons (Fsp3) is 0.200. The summed E-state index contributed by atoms with van der Waals surface area (Å²) in [6.45, 7) is 0.644. The Bertz CT molecular complexity index is 635. The summed E-state index contributed by atoms with van der Waals surface area (Å²) < 4.78 is 5.13. The molecule has 5 heteroatoms. The quantitative estimate of drug-likeness (QED) is 0.866. The zero-order valence-corrected chi connectivity index (χ0v) is 12.1. The van der Waals surface area contributed by atoms with Crippen molar-refractivity contribution in [3.05, 3.63) is 52.7 Å². The molecule has 0 atom stereocenters. The maximum Gasteiger partial charge on any atom is 0.148 e. The fourth-order valence-electron chi connectivity index (χ4n) is 1.86. The second-order valence-corrected chi connectivity index (χ2v) is 4.69. The van der Waals surface area contributed by atoms with Crippen molar-refractivity contribution < 1.29 is 4.74 Å². The largest absolute Gasteiger partial charge is 0.497 e. The molecule has 0 N–H and O–H groups in total. The molecule has 0 saturated carbocycles. The molecule has 0 aliphatic heterocycles. The zero-order chi connectivity index (χ0) is 14.5. The average Bonchev–Trinajstić information content (AvgIpc) is 2.48. The summed E-state index contributed by atoms with van der Waals surface area (Å²) >= 11 is 6.17. The molecule has 0 aliphatic carbocycles. The number of methoxy groups -OCH3 is 1. The molecule has 0 bridgehead atoms. The third-order valence-corrected chi connectivity index (χ3v) is 3.30. The second kappa shape index (κ2) is 6.27. The summed E-state index contributed by atoms with van der Waals surface area (Å²) in [5.74, 6) is 1.42. The SMILES string of the molecule is COc1ccc(CN(C)c2nccc(C#N)c2Cl)cc1. The number of pyridine rings is 1. The lowest BCUT2D eigenvalue weighted by atomic mass is 10.2. The number of nitrogens with zero attached hydrogens (tertiary/aromatic N) is 3. The van der Waals surface area contributed by atoms with Crippen LogP contribution in [0.25, 0.3) is 0 Å². The zero-order valence-electron chi connectivity index (χ0n) is 11.3. The van der Waals surface area contributed by atoms with Gasteiger partial charge in [0.05, 0.1) is 12.7 Å². The van der Waals surface area contributed by atoms with E-state index in [1.165, 1.54) is 0 Å². The van der Waals surface area contributed by atoms with Crippen molar-refractivity contribution in [2.75, 3.05) is 19.1 Å². The van der Waals surface area contributed by atoms with Gasteiger partial charge in [-0.1, -0.05) is 23.7 Å². The first-order valence-electron chi connectivity index (χ1n) is 6.04. The smallest absolute Gasteiger partial charge is 0.148 e. The van der Waals surface area contributed by atoms with E-state index in [1.54, 1.807) is 19.4 Å². The molecule has 0 unspecified atom stereocenters. The van der Waals surface area contributed by atoms with Crippen LogP contribution in [0.5, 0.6) is 5.75 Å². The maximum atomic E-state index is 8.98. The molecule has 0 aliphatic rings. The highest BCUT2D eigenvalue weighted by Crippen LogP contribution is 2.26. The van der Waals surface area contributed by atoms with Crippen LogP contribution < -0.4 is 9.64 Å². The standard InChI is InChI=1S/C15H14ClN3O/c1-19(10-11-3-5-13(20-2)6-4-11)15-14(16)12(9-17)7-8-18-15/h3-8H,10H2,1-2H3. The lowest BCUT2D eigenvalue weighted by Crippen LogP contribution is -2.18. The lowest BCUT2D eigenvalue weighted by molar-refractivity contribution is 0.414. The molecule has 2 rings (SSSR count). The predicted octanol–water partition coefficient (Wildman–Crippen LogP) is 3.25. The number of halogens is 1. The number of benzene rings is 1. The van der Waals surface area contributed by atoms with Crippen molar-refractivity contribution in [3.8, 4) is 11.8 Å². The maximum absolute atomic E-state index is 8.98. The van der Waals surface area contributed by atoms with E-state index in [1.807, 2.05) is 36.2 Å². The Hall–Kier alpha value is -2.25. The summed E-state index contributed by atoms with van der Waals surface area (Å²) in [7, 11) is 3.53. The van der Waals surface area contributed by atoms with Crippen molar-refractivity contribution in [2.24, 2.45) is 0 Å². The van der Waals surface area contributed by atoms with Crippen molar-refractivity contribution in [2.45, 2.75) is 6.54 Å². The fourth-order valence-corrected chi connectivity index (χ4v) is 2.16. The molecule has 2 aromatic rings. The first-order chi connectivity index (χ1) is 9.65. The molecule has 20 heavy (non-hydrogen) atoms. The number of hydrogen-bond donors (Lipinski definition) is 0. The van der Waals surface area contributed by atoms with Crippen LogP contribution in [0.15, 0.2) is 36.5 Å². The highest BCUT2D eigenvalue weighted by atomic mass is 35.5. The molecule has 0 fully saturated rings. The van der Waals surface area contributed by atoms with Crippen molar-refractivity contribution in [1.82, 2.24) is 4.98 Å². The second-order valence-electron chi connectivity index (χ2n) is 4.31. The predicted molar refractivity (Wildman–Crippen MR) is 79.1 cm³/mol. The molecule has 1 aromatic carbocycles. The van der Waals surface area contributed by atoms with Crippen LogP contribution in [0.2, 0.25) is 5.02 Å². The van der Waals surface area contributed by atoms with Gasteiger partial charge in [0.25, 0.3) is 0 Å². The first-order valence-corrected chi connectivity index (χ1v) is 6.42. The lowest BCUT2D eigenvalue weighted by Gasteiger charge is -2.19. The Kier molecular flexibility index (Phi) is 4.44. The normalized spacial score (nSPS) is 9.90. The van der Waals surface area contributed by atoms with Gasteiger partial charge in [0, 0.05) is 19.8 Å². The van der Waals surface area contributed by atoms with Gasteiger partial charge in [0.2, 0.25) is 0 Å². The van der Waals surface area contributed by atoms with Gasteiger partial charge in [-0.25, -0.2) is 4.98 Å². The van der Waals surface area contributed by atoms with E-state index in [4.69, 9.17) is 21.6 Å². The first kappa shape index (κ1) is 14.2. The molecular weight excluding hydrogens is 274 g/mol. The molecule has 0 amide bonds. The van der Waals surface area contributed by atoms with Crippen molar-refractivity contribution >= 4 is 17.4 Å². The molecule has 4 nitrogen and oxygen atoms in total. The van der Waals surface area contributed by atoms with E-state index in [-0.39, 0.29) is 0 Å². The highest BCUT2D eigenvalue weighted by Gasteiger charge is 2.11. The van der Waals surface area contributed by atoms with E-state index in [9.17, 15) is 0 Å². The van der Waals surface area contributed by atoms with Crippen LogP contribution in [-0.4, -0.2) is 19.1 Å². The summed E-state index contributed by atoms with van der Waals surface area (Å²) in [5, 5.41) is 9.36. The Morgan fingerprint density at radius 2 is 2.00 bits per heavy atom. The summed E-state index contributed by atoms with van der Waals surface area (Å²) in [5.41, 5.74) is 1.53. The molecule has 1 heterocycles. The van der Waals surface area contributed by atoms with Crippen LogP contribution in [0.3, 0.4) is 0 Å². The Morgan fingerprint density at radius 1 is 1.30 bits per heavy atom. The Balaban J connectivity index is 2.19. The third-order valence-electron chi connectivity index (χ3n) is 2.93. The minimum absolute atomic E-state index is 0.381. The van der Waals surface area contributed by atoms with E-state index in [2.05, 4.69) is 11.1 Å². The molecule has 102 valence electrons. The number of anilines is 1. The Labute approximate surface area is 123 Å². The summed E-state index contributed by atoms with van der Waals surface area (Å²) in [6, 6.07) is 11.4. The monoisotopic (exact) mass is 287 g/mol. The number of ether oxygens (including phenoxy) is 1. The summed E-state index contributed by atoms with van der Waals surface area (Å²) in [6.07, 6.45) is 1.59. The van der Waals surface area contributed by atoms with Crippen molar-refractivity contribution in [3.63, 3.8) is 0 Å². The van der Waals surface area contributed by atoms with Gasteiger partial charge in [0.1, 0.15) is 22.7 Å². The minimum Gasteiger partial charge on any atom is -0.497 e. The van der Waals surface area contributed by atoms with E-state index >= 15 is 0 Å². The number of rotatable bonds is 4. The van der Waals surface area contributed by atoms with Gasteiger partial charge in [-0.05, 0) is 23.8 Å². The number of hydrogen-bond acceptors (Lipinski definition) is 4. The van der Waals surface area contributed by atoms with E-state index in [0.29, 0.717) is 22.9 Å². The molecular formula is C15H14ClN3O. The molecule has 0 spiro atoms. The van der Waals surface area contributed by atoms with Gasteiger partial charge in [-0.2, -0.15) is 5.26 Å². The van der Waals surface area contributed by atoms with Crippen LogP contribution in [-0.2, 0) is 6.54 Å². The average molecular weight is 288 g/mol. The molecule has 0 saturated heterocycles. The van der Waals surface area contributed by atoms with Crippen LogP contribution in [0.1, 0.15) is 11.1 Å². The van der Waals surface area contributed by atoms with Gasteiger partial charge in [0.15, 0.2) is 0 Å². The summed E-state index contributed by atoms with van der Waals surface area (Å²) in [4.78, 5) is 6.14. The van der Waals surface area contributed by atoms with E-state index in [0.717, 1.165) is 11.3 Å². The van der Waals surface area contributed by atoms with Gasteiger partial charge < -0.3 is 9.64 Å². The van der Waals surface area contributed by atoms with Crippen LogP contribution >= 0.6 is 11.6 Å². The van der Waals surface area contributed by atoms with Gasteiger partial charge >= 0.3 is 0 Å². The minimum atomic E-state index is 0.381. The topological polar surface area (TPSA) is 49.1 Å². The molecule has 1 aromatic heterocycles. The van der Waals surface area contributed by atoms with Gasteiger partial charge in [-0.15, -0.1) is 0 Å².